The fourth-order valence-electron chi connectivity index (χ4n) is 8.83. The van der Waals surface area contributed by atoms with Crippen LogP contribution in [0.15, 0.2) is 66.9 Å². The highest BCUT2D eigenvalue weighted by atomic mass is 19.1. The summed E-state index contributed by atoms with van der Waals surface area (Å²) in [4.78, 5) is 122. The Morgan fingerprint density at radius 2 is 1.44 bits per heavy atom. The number of amides is 9. The number of nitrogens with two attached hydrogens (primary N) is 2. The lowest BCUT2D eigenvalue weighted by molar-refractivity contribution is -0.142. The third kappa shape index (κ3) is 19.4. The van der Waals surface area contributed by atoms with Crippen LogP contribution in [0.4, 0.5) is 13.6 Å². The van der Waals surface area contributed by atoms with Crippen LogP contribution in [-0.4, -0.2) is 140 Å². The topological polar surface area (TPSA) is 331 Å². The average Bonchev–Trinajstić information content (AvgIpc) is 3.95. The molecule has 0 saturated carbocycles. The van der Waals surface area contributed by atoms with Crippen LogP contribution in [0.25, 0.3) is 11.3 Å². The minimum absolute atomic E-state index is 0.0366. The number of carboxylic acids is 1. The van der Waals surface area contributed by atoms with E-state index < -0.39 is 113 Å². The van der Waals surface area contributed by atoms with E-state index in [1.807, 2.05) is 51.1 Å². The number of carbonyl (C=O) groups is 9. The summed E-state index contributed by atoms with van der Waals surface area (Å²) in [5.41, 5.74) is 11.6. The summed E-state index contributed by atoms with van der Waals surface area (Å²) in [6, 6.07) is 5.67. The van der Waals surface area contributed by atoms with E-state index in [-0.39, 0.29) is 88.9 Å². The molecule has 4 rings (SSSR count). The van der Waals surface area contributed by atoms with E-state index in [9.17, 15) is 57.8 Å². The van der Waals surface area contributed by atoms with Crippen LogP contribution in [0.1, 0.15) is 116 Å². The molecule has 11 N–H and O–H groups in total. The first-order chi connectivity index (χ1) is 36.9. The van der Waals surface area contributed by atoms with Crippen molar-refractivity contribution in [3.8, 4) is 11.3 Å². The zero-order valence-corrected chi connectivity index (χ0v) is 44.9. The third-order valence-corrected chi connectivity index (χ3v) is 12.9. The Hall–Kier alpha value is -7.60. The van der Waals surface area contributed by atoms with Crippen molar-refractivity contribution in [3.05, 3.63) is 89.9 Å². The van der Waals surface area contributed by atoms with Crippen LogP contribution in [0.5, 0.6) is 0 Å². The minimum Gasteiger partial charge on any atom is -0.480 e. The van der Waals surface area contributed by atoms with E-state index in [1.165, 1.54) is 17.1 Å². The van der Waals surface area contributed by atoms with E-state index in [1.54, 1.807) is 24.6 Å². The average molecular weight is 1090 g/mol. The molecule has 426 valence electrons. The molecule has 2 aromatic carbocycles. The number of aliphatic carboxylic acids is 1. The normalized spacial score (nSPS) is 14.3. The van der Waals surface area contributed by atoms with Crippen molar-refractivity contribution < 1.29 is 62.1 Å². The van der Waals surface area contributed by atoms with Crippen molar-refractivity contribution in [2.24, 2.45) is 22.8 Å². The van der Waals surface area contributed by atoms with Gasteiger partial charge in [0.25, 0.3) is 11.8 Å². The molecule has 0 radical (unpaired) electrons. The second kappa shape index (κ2) is 30.4. The summed E-state index contributed by atoms with van der Waals surface area (Å²) in [7, 11) is 0. The number of rotatable bonds is 32. The van der Waals surface area contributed by atoms with E-state index in [2.05, 4.69) is 26.6 Å². The third-order valence-electron chi connectivity index (χ3n) is 12.9. The van der Waals surface area contributed by atoms with Crippen molar-refractivity contribution >= 4 is 53.4 Å². The van der Waals surface area contributed by atoms with E-state index >= 15 is 4.39 Å². The summed E-state index contributed by atoms with van der Waals surface area (Å²) < 4.78 is 31.3. The number of aliphatic hydroxyl groups is 1. The number of primary amides is 1. The number of hydrogen-bond acceptors (Lipinski definition) is 12. The lowest BCUT2D eigenvalue weighted by Gasteiger charge is -2.40. The number of halogens is 2. The lowest BCUT2D eigenvalue weighted by Crippen LogP contribution is -2.57. The number of carbonyl (C=O) groups excluding carboxylic acids is 8. The van der Waals surface area contributed by atoms with Crippen LogP contribution in [0, 0.1) is 23.0 Å². The Labute approximate surface area is 452 Å². The fraction of sp³-hybridized carbons (Fsp3) is 0.519. The van der Waals surface area contributed by atoms with Crippen LogP contribution in [-0.2, 0) is 44.9 Å². The maximum Gasteiger partial charge on any atom is 0.326 e. The molecule has 3 aromatic rings. The van der Waals surface area contributed by atoms with Crippen LogP contribution in [0.3, 0.4) is 0 Å². The maximum absolute atomic E-state index is 15.1. The molecule has 1 aliphatic rings. The molecular weight excluding hydrogens is 1020 g/mol. The van der Waals surface area contributed by atoms with Gasteiger partial charge in [0.2, 0.25) is 29.5 Å². The van der Waals surface area contributed by atoms with E-state index in [4.69, 9.17) is 16.5 Å². The Balaban J connectivity index is 1.35. The fourth-order valence-corrected chi connectivity index (χ4v) is 8.83. The van der Waals surface area contributed by atoms with Gasteiger partial charge in [0, 0.05) is 63.1 Å². The van der Waals surface area contributed by atoms with Crippen molar-refractivity contribution in [2.45, 2.75) is 136 Å². The molecule has 0 aliphatic carbocycles. The number of unbranched alkanes of at least 4 members (excludes halogenated alkanes) is 3. The lowest BCUT2D eigenvalue weighted by atomic mass is 9.84. The number of aliphatic hydroxyl groups excluding tert-OH is 1. The van der Waals surface area contributed by atoms with Gasteiger partial charge in [-0.2, -0.15) is 0 Å². The molecule has 0 fully saturated rings. The first kappa shape index (κ1) is 62.9. The van der Waals surface area contributed by atoms with Crippen molar-refractivity contribution in [1.82, 2.24) is 45.9 Å². The molecule has 9 amide bonds. The van der Waals surface area contributed by atoms with Crippen molar-refractivity contribution in [2.75, 3.05) is 32.8 Å². The summed E-state index contributed by atoms with van der Waals surface area (Å²) in [5, 5.41) is 33.2. The molecule has 0 spiro atoms. The number of urea groups is 1. The van der Waals surface area contributed by atoms with Crippen LogP contribution >= 0.6 is 0 Å². The minimum atomic E-state index is -1.42. The van der Waals surface area contributed by atoms with Gasteiger partial charge in [-0.25, -0.2) is 23.4 Å². The van der Waals surface area contributed by atoms with Gasteiger partial charge < -0.3 is 57.7 Å². The van der Waals surface area contributed by atoms with Crippen molar-refractivity contribution in [3.63, 3.8) is 0 Å². The highest BCUT2D eigenvalue weighted by Crippen LogP contribution is 2.39. The van der Waals surface area contributed by atoms with Gasteiger partial charge in [0.15, 0.2) is 0 Å². The molecule has 0 saturated heterocycles. The Kier molecular flexibility index (Phi) is 24.5. The highest BCUT2D eigenvalue weighted by Gasteiger charge is 2.39. The van der Waals surface area contributed by atoms with Gasteiger partial charge in [-0.1, -0.05) is 71.4 Å². The van der Waals surface area contributed by atoms with Crippen LogP contribution in [0.2, 0.25) is 0 Å². The quantitative estimate of drug-likeness (QED) is 0.0321. The molecule has 1 aliphatic heterocycles. The molecule has 24 heteroatoms. The second-order valence-corrected chi connectivity index (χ2v) is 20.6. The molecular formula is C54H75F2N11O11. The number of benzene rings is 2. The standard InChI is InChI=1S/C54H75F2N11O11/c1-33(2)46(64-42(69)19-10-7-13-27-66-43(70)22-23-44(66)71)51(75)62-39(18-14-26-60-53(58)78)50(74)63-40(52(76)77)17-11-12-25-59-49(73)38(57)24-28-67(45(72)32-68)47(54(3,4)5)48-61-41(36-29-35(55)20-21-37(36)56)31-65(48)30-34-15-8-6-9-16-34/h6,8-9,15-16,20-23,29,31,33,38-40,46-47,68H,7,10-14,17-19,24-28,30,32,57H2,1-5H3,(H,59,73)(H,62,75)(H,63,74)(H,64,69)(H,76,77)(H3,58,60,78)/t38?,39?,40-,46+,47?/m1/s1. The Bertz CT molecular complexity index is 2590. The largest absolute Gasteiger partial charge is 0.480 e. The summed E-state index contributed by atoms with van der Waals surface area (Å²) in [6.07, 6.45) is 5.80. The molecule has 78 heavy (non-hydrogen) atoms. The summed E-state index contributed by atoms with van der Waals surface area (Å²) in [6.45, 7) is 8.45. The predicted octanol–water partition coefficient (Wildman–Crippen LogP) is 2.92. The zero-order chi connectivity index (χ0) is 57.7. The van der Waals surface area contributed by atoms with Gasteiger partial charge in [-0.3, -0.25) is 38.5 Å². The van der Waals surface area contributed by atoms with Crippen molar-refractivity contribution in [1.29, 1.82) is 0 Å². The van der Waals surface area contributed by atoms with Gasteiger partial charge >= 0.3 is 12.0 Å². The second-order valence-electron chi connectivity index (χ2n) is 20.6. The van der Waals surface area contributed by atoms with E-state index in [0.29, 0.717) is 25.1 Å². The molecule has 1 aromatic heterocycles. The van der Waals surface area contributed by atoms with E-state index in [0.717, 1.165) is 28.7 Å². The number of carboxylic acid groups (broad SMARTS) is 1. The molecule has 3 unspecified atom stereocenters. The number of imidazole rings is 1. The predicted molar refractivity (Wildman–Crippen MR) is 283 cm³/mol. The van der Waals surface area contributed by atoms with Gasteiger partial charge in [0.05, 0.1) is 17.8 Å². The molecule has 22 nitrogen and oxygen atoms in total. The maximum atomic E-state index is 15.1. The number of nitrogens with zero attached hydrogens (tertiary/aromatic N) is 4. The summed E-state index contributed by atoms with van der Waals surface area (Å²) >= 11 is 0. The Morgan fingerprint density at radius 1 is 0.782 bits per heavy atom. The number of nitrogens with one attached hydrogen (secondary N) is 5. The monoisotopic (exact) mass is 1090 g/mol. The zero-order valence-electron chi connectivity index (χ0n) is 44.9. The van der Waals surface area contributed by atoms with Gasteiger partial charge in [0.1, 0.15) is 42.2 Å². The molecule has 5 atom stereocenters. The van der Waals surface area contributed by atoms with Gasteiger partial charge in [-0.15, -0.1) is 0 Å². The number of imide groups is 1. The number of aromatic nitrogens is 2. The highest BCUT2D eigenvalue weighted by molar-refractivity contribution is 6.12. The Morgan fingerprint density at radius 3 is 2.06 bits per heavy atom. The summed E-state index contributed by atoms with van der Waals surface area (Å²) in [5.74, 6) is -6.93. The molecule has 0 bridgehead atoms. The first-order valence-electron chi connectivity index (χ1n) is 26.1. The van der Waals surface area contributed by atoms with Crippen LogP contribution < -0.4 is 38.1 Å². The molecule has 2 heterocycles. The smallest absolute Gasteiger partial charge is 0.326 e. The first-order valence-corrected chi connectivity index (χ1v) is 26.1. The SMILES string of the molecule is CC(C)[C@H](NC(=O)CCCCCN1C(=O)C=CC1=O)C(=O)NC(CCCNC(N)=O)C(=O)N[C@H](CCCCNC(=O)C(N)CCN(C(=O)CO)C(c1nc(-c2cc(F)ccc2F)cn1Cc1ccccc1)C(C)(C)C)C(=O)O. The number of hydrogen-bond donors (Lipinski definition) is 9. The van der Waals surface area contributed by atoms with Gasteiger partial charge in [-0.05, 0) is 86.5 Å².